The molecule has 2 unspecified atom stereocenters. The molecule has 0 saturated heterocycles. The number of alkyl carbamates (subject to hydrolysis) is 1. The number of esters is 1. The summed E-state index contributed by atoms with van der Waals surface area (Å²) in [5.41, 5.74) is 3.46. The van der Waals surface area contributed by atoms with Crippen molar-refractivity contribution < 1.29 is 37.4 Å². The van der Waals surface area contributed by atoms with Gasteiger partial charge in [0, 0.05) is 13.1 Å². The number of hydrogen-bond acceptors (Lipinski definition) is 9. The molecule has 0 aromatic heterocycles. The summed E-state index contributed by atoms with van der Waals surface area (Å²) in [7, 11) is -2.44. The van der Waals surface area contributed by atoms with Crippen LogP contribution in [0.4, 0.5) is 4.79 Å². The highest BCUT2D eigenvalue weighted by atomic mass is 31.2. The second-order valence-corrected chi connectivity index (χ2v) is 14.5. The third-order valence-electron chi connectivity index (χ3n) is 8.04. The van der Waals surface area contributed by atoms with Gasteiger partial charge in [0.2, 0.25) is 0 Å². The molecule has 0 heterocycles. The summed E-state index contributed by atoms with van der Waals surface area (Å²) in [4.78, 5) is 25.9. The van der Waals surface area contributed by atoms with Gasteiger partial charge in [0.1, 0.15) is 24.7 Å². The molecule has 0 spiro atoms. The minimum absolute atomic E-state index is 0.0202. The third-order valence-corrected chi connectivity index (χ3v) is 10.5. The second kappa shape index (κ2) is 21.0. The fraction of sp³-hybridized carbons (Fsp3) is 0.350. The highest BCUT2D eigenvalue weighted by Gasteiger charge is 2.42. The Morgan fingerprint density at radius 2 is 1.24 bits per heavy atom. The summed E-state index contributed by atoms with van der Waals surface area (Å²) in [6.07, 6.45) is -0.546. The Bertz CT molecular complexity index is 1640. The van der Waals surface area contributed by atoms with E-state index < -0.39 is 31.5 Å². The summed E-state index contributed by atoms with van der Waals surface area (Å²) in [5, 5.41) is 6.14. The fourth-order valence-corrected chi connectivity index (χ4v) is 7.50. The van der Waals surface area contributed by atoms with E-state index in [4.69, 9.17) is 23.3 Å². The van der Waals surface area contributed by atoms with Gasteiger partial charge in [-0.15, -0.1) is 0 Å². The normalized spacial score (nSPS) is 13.5. The number of carbonyl (C=O) groups excluding carboxylic acids is 2. The molecule has 4 aromatic carbocycles. The maximum atomic E-state index is 15.0. The summed E-state index contributed by atoms with van der Waals surface area (Å²) >= 11 is 0. The van der Waals surface area contributed by atoms with E-state index in [1.807, 2.05) is 129 Å². The Kier molecular flexibility index (Phi) is 16.2. The number of methoxy groups -OCH3 is 1. The number of hydrogen-bond donors (Lipinski definition) is 2. The van der Waals surface area contributed by atoms with E-state index in [-0.39, 0.29) is 32.2 Å². The lowest BCUT2D eigenvalue weighted by Gasteiger charge is -2.32. The maximum absolute atomic E-state index is 15.0. The molecule has 0 radical (unpaired) electrons. The zero-order valence-electron chi connectivity index (χ0n) is 29.6. The number of rotatable bonds is 21. The molecule has 0 aliphatic heterocycles. The largest absolute Gasteiger partial charge is 0.497 e. The van der Waals surface area contributed by atoms with Crippen molar-refractivity contribution in [1.82, 2.24) is 10.6 Å². The zero-order valence-corrected chi connectivity index (χ0v) is 30.5. The van der Waals surface area contributed by atoms with Crippen molar-refractivity contribution in [3.8, 4) is 5.75 Å². The molecule has 4 aromatic rings. The van der Waals surface area contributed by atoms with Gasteiger partial charge in [0.15, 0.2) is 6.10 Å². The topological polar surface area (TPSA) is 121 Å². The summed E-state index contributed by atoms with van der Waals surface area (Å²) in [6, 6.07) is 35.7. The van der Waals surface area contributed by atoms with E-state index in [1.165, 1.54) is 0 Å². The zero-order chi connectivity index (χ0) is 36.3. The van der Waals surface area contributed by atoms with Crippen LogP contribution in [0.25, 0.3) is 0 Å². The Balaban J connectivity index is 1.47. The molecular formula is C40H49N2O8P. The van der Waals surface area contributed by atoms with Gasteiger partial charge in [0.05, 0.1) is 13.7 Å². The average molecular weight is 717 g/mol. The van der Waals surface area contributed by atoms with Crippen LogP contribution in [0.5, 0.6) is 5.75 Å². The van der Waals surface area contributed by atoms with Gasteiger partial charge in [-0.25, -0.2) is 9.59 Å². The highest BCUT2D eigenvalue weighted by molar-refractivity contribution is 7.54. The van der Waals surface area contributed by atoms with E-state index in [0.29, 0.717) is 25.9 Å². The molecular weight excluding hydrogens is 667 g/mol. The molecule has 3 atom stereocenters. The van der Waals surface area contributed by atoms with Crippen molar-refractivity contribution in [2.45, 2.75) is 71.4 Å². The SMILES string of the molecule is COc1ccc(CN[C@H](C(C)C)P(=O)(OCc2ccccc2)OC(CCCCNC(=O)OCc2ccccc2)C(=O)OCc2ccccc2)cc1. The first-order valence-corrected chi connectivity index (χ1v) is 18.8. The Morgan fingerprint density at radius 1 is 0.686 bits per heavy atom. The molecule has 0 bridgehead atoms. The van der Waals surface area contributed by atoms with E-state index in [0.717, 1.165) is 28.0 Å². The quantitative estimate of drug-likeness (QED) is 0.0497. The highest BCUT2D eigenvalue weighted by Crippen LogP contribution is 2.56. The summed E-state index contributed by atoms with van der Waals surface area (Å²) in [6.45, 7) is 4.78. The molecule has 51 heavy (non-hydrogen) atoms. The number of benzene rings is 4. The molecule has 0 aliphatic carbocycles. The van der Waals surface area contributed by atoms with Crippen LogP contribution in [0.3, 0.4) is 0 Å². The predicted molar refractivity (Wildman–Crippen MR) is 197 cm³/mol. The Morgan fingerprint density at radius 3 is 1.78 bits per heavy atom. The minimum Gasteiger partial charge on any atom is -0.497 e. The van der Waals surface area contributed by atoms with Gasteiger partial charge < -0.3 is 24.1 Å². The fourth-order valence-electron chi connectivity index (χ4n) is 5.23. The standard InChI is InChI=1S/C40H49N2O8P/c1-31(2)38(42-27-32-22-24-36(46-3)25-23-32)51(45,49-30-35-19-11-6-12-20-35)50-37(39(43)47-28-33-15-7-4-8-16-33)21-13-14-26-41-40(44)48-29-34-17-9-5-10-18-34/h4-12,15-20,22-25,31,37-38,42H,13-14,21,26-30H2,1-3H3,(H,41,44)/t37?,38-,51?/m0/s1. The van der Waals surface area contributed by atoms with E-state index in [2.05, 4.69) is 10.6 Å². The number of carbonyl (C=O) groups is 2. The first-order valence-electron chi connectivity index (χ1n) is 17.2. The summed E-state index contributed by atoms with van der Waals surface area (Å²) in [5.74, 6) is -0.864. The van der Waals surface area contributed by atoms with E-state index in [1.54, 1.807) is 7.11 Å². The number of ether oxygens (including phenoxy) is 3. The average Bonchev–Trinajstić information content (AvgIpc) is 3.16. The van der Waals surface area contributed by atoms with Gasteiger partial charge in [0.25, 0.3) is 0 Å². The van der Waals surface area contributed by atoms with Crippen molar-refractivity contribution in [2.75, 3.05) is 13.7 Å². The van der Waals surface area contributed by atoms with Crippen LogP contribution < -0.4 is 15.4 Å². The molecule has 4 rings (SSSR count). The Hall–Kier alpha value is -4.47. The van der Waals surface area contributed by atoms with Crippen LogP contribution in [-0.2, 0) is 54.2 Å². The van der Waals surface area contributed by atoms with Crippen LogP contribution in [-0.4, -0.2) is 37.6 Å². The number of amides is 1. The number of nitrogens with one attached hydrogen (secondary N) is 2. The van der Waals surface area contributed by atoms with Crippen LogP contribution in [0.15, 0.2) is 115 Å². The van der Waals surface area contributed by atoms with Crippen molar-refractivity contribution >= 4 is 19.7 Å². The first-order chi connectivity index (χ1) is 24.8. The van der Waals surface area contributed by atoms with Gasteiger partial charge >= 0.3 is 19.7 Å². The molecule has 0 saturated carbocycles. The van der Waals surface area contributed by atoms with Crippen molar-refractivity contribution in [2.24, 2.45) is 5.92 Å². The van der Waals surface area contributed by atoms with Crippen LogP contribution in [0.1, 0.15) is 55.4 Å². The van der Waals surface area contributed by atoms with Crippen LogP contribution in [0, 0.1) is 5.92 Å². The monoisotopic (exact) mass is 716 g/mol. The lowest BCUT2D eigenvalue weighted by molar-refractivity contribution is -0.154. The molecule has 1 amide bonds. The minimum atomic E-state index is -4.04. The van der Waals surface area contributed by atoms with E-state index in [9.17, 15) is 14.2 Å². The molecule has 0 fully saturated rings. The summed E-state index contributed by atoms with van der Waals surface area (Å²) < 4.78 is 43.8. The van der Waals surface area contributed by atoms with Crippen LogP contribution in [0.2, 0.25) is 0 Å². The van der Waals surface area contributed by atoms with Gasteiger partial charge in [-0.3, -0.25) is 14.4 Å². The third kappa shape index (κ3) is 13.6. The van der Waals surface area contributed by atoms with E-state index >= 15 is 0 Å². The maximum Gasteiger partial charge on any atom is 0.407 e. The predicted octanol–water partition coefficient (Wildman–Crippen LogP) is 8.40. The van der Waals surface area contributed by atoms with Gasteiger partial charge in [-0.2, -0.15) is 0 Å². The lowest BCUT2D eigenvalue weighted by atomic mass is 10.1. The van der Waals surface area contributed by atoms with Crippen LogP contribution >= 0.6 is 7.60 Å². The number of unbranched alkanes of at least 4 members (excludes halogenated alkanes) is 1. The Labute approximate surface area is 301 Å². The van der Waals surface area contributed by atoms with Crippen molar-refractivity contribution in [3.63, 3.8) is 0 Å². The van der Waals surface area contributed by atoms with Crippen molar-refractivity contribution in [1.29, 1.82) is 0 Å². The smallest absolute Gasteiger partial charge is 0.407 e. The van der Waals surface area contributed by atoms with Gasteiger partial charge in [-0.05, 0) is 59.6 Å². The molecule has 11 heteroatoms. The molecule has 2 N–H and O–H groups in total. The van der Waals surface area contributed by atoms with Gasteiger partial charge in [-0.1, -0.05) is 117 Å². The lowest BCUT2D eigenvalue weighted by Crippen LogP contribution is -2.37. The first kappa shape index (κ1) is 39.3. The molecule has 272 valence electrons. The van der Waals surface area contributed by atoms with Crippen molar-refractivity contribution in [3.05, 3.63) is 138 Å². The molecule has 0 aliphatic rings. The second-order valence-electron chi connectivity index (χ2n) is 12.4. The molecule has 10 nitrogen and oxygen atoms in total.